The van der Waals surface area contributed by atoms with Crippen LogP contribution in [0.15, 0.2) is 30.3 Å². The van der Waals surface area contributed by atoms with Crippen molar-refractivity contribution in [2.45, 2.75) is 76.5 Å². The minimum Gasteiger partial charge on any atom is -0.451 e. The smallest absolute Gasteiger partial charge is 0.451 e. The third kappa shape index (κ3) is 10.6. The van der Waals surface area contributed by atoms with Crippen LogP contribution in [0.5, 0.6) is 0 Å². The molecule has 0 aliphatic carbocycles. The fraction of sp³-hybridized carbons (Fsp3) is 0.600. The second kappa shape index (κ2) is 12.4. The average molecular weight is 387 g/mol. The molecule has 0 spiro atoms. The average Bonchev–Trinajstić information content (AvgIpc) is 2.61. The molecule has 1 rings (SSSR count). The van der Waals surface area contributed by atoms with E-state index in [1.165, 1.54) is 0 Å². The molecule has 0 saturated heterocycles. The Labute approximate surface area is 158 Å². The first-order chi connectivity index (χ1) is 12.8. The number of halogens is 3. The maximum absolute atomic E-state index is 12.5. The Balaban J connectivity index is 2.28. The molecule has 0 fully saturated rings. The van der Waals surface area contributed by atoms with E-state index in [-0.39, 0.29) is 5.91 Å². The molecular formula is C20H28F3NO3. The lowest BCUT2D eigenvalue weighted by molar-refractivity contribution is -0.205. The molecule has 27 heavy (non-hydrogen) atoms. The van der Waals surface area contributed by atoms with Gasteiger partial charge in [-0.25, -0.2) is 4.79 Å². The normalized spacial score (nSPS) is 12.6. The van der Waals surface area contributed by atoms with Gasteiger partial charge >= 0.3 is 12.1 Å². The van der Waals surface area contributed by atoms with Crippen molar-refractivity contribution >= 4 is 11.9 Å². The molecule has 1 aromatic carbocycles. The van der Waals surface area contributed by atoms with E-state index < -0.39 is 18.2 Å². The summed E-state index contributed by atoms with van der Waals surface area (Å²) in [6.07, 6.45) is 2.40. The SMILES string of the molecule is NC(=O)CCCCCCCCCCC(OC(=O)C(F)(F)F)c1ccccc1. The fourth-order valence-corrected chi connectivity index (χ4v) is 2.85. The fourth-order valence-electron chi connectivity index (χ4n) is 2.85. The largest absolute Gasteiger partial charge is 0.490 e. The molecule has 0 aliphatic heterocycles. The zero-order chi connectivity index (χ0) is 20.1. The lowest BCUT2D eigenvalue weighted by atomic mass is 10.0. The topological polar surface area (TPSA) is 69.4 Å². The second-order valence-corrected chi connectivity index (χ2v) is 6.64. The first kappa shape index (κ1) is 23.0. The van der Waals surface area contributed by atoms with Crippen molar-refractivity contribution < 1.29 is 27.5 Å². The summed E-state index contributed by atoms with van der Waals surface area (Å²) in [5.41, 5.74) is 5.65. The van der Waals surface area contributed by atoms with Gasteiger partial charge in [-0.2, -0.15) is 13.2 Å². The van der Waals surface area contributed by atoms with Gasteiger partial charge < -0.3 is 10.5 Å². The molecule has 4 nitrogen and oxygen atoms in total. The Morgan fingerprint density at radius 1 is 0.889 bits per heavy atom. The molecule has 1 atom stereocenters. The lowest BCUT2D eigenvalue weighted by Crippen LogP contribution is -2.27. The number of carbonyl (C=O) groups is 2. The third-order valence-electron chi connectivity index (χ3n) is 4.29. The van der Waals surface area contributed by atoms with E-state index in [0.29, 0.717) is 24.8 Å². The molecule has 1 aromatic rings. The minimum absolute atomic E-state index is 0.269. The molecule has 1 unspecified atom stereocenters. The number of esters is 1. The van der Waals surface area contributed by atoms with Crippen LogP contribution in [0.3, 0.4) is 0 Å². The van der Waals surface area contributed by atoms with E-state index in [1.807, 2.05) is 0 Å². The Hall–Kier alpha value is -2.05. The Morgan fingerprint density at radius 2 is 1.41 bits per heavy atom. The van der Waals surface area contributed by atoms with Gasteiger partial charge in [0.1, 0.15) is 6.10 Å². The molecule has 0 aliphatic rings. The number of hydrogen-bond donors (Lipinski definition) is 1. The molecule has 1 amide bonds. The molecular weight excluding hydrogens is 359 g/mol. The molecule has 0 heterocycles. The minimum atomic E-state index is -4.98. The van der Waals surface area contributed by atoms with Gasteiger partial charge in [0.2, 0.25) is 5.91 Å². The van der Waals surface area contributed by atoms with Gasteiger partial charge in [0.05, 0.1) is 0 Å². The van der Waals surface area contributed by atoms with Gasteiger partial charge in [0.25, 0.3) is 0 Å². The highest BCUT2D eigenvalue weighted by Gasteiger charge is 2.42. The van der Waals surface area contributed by atoms with Crippen LogP contribution in [0.25, 0.3) is 0 Å². The van der Waals surface area contributed by atoms with Crippen molar-refractivity contribution in [3.8, 4) is 0 Å². The van der Waals surface area contributed by atoms with Crippen LogP contribution in [0, 0.1) is 0 Å². The van der Waals surface area contributed by atoms with E-state index in [2.05, 4.69) is 0 Å². The number of unbranched alkanes of at least 4 members (excludes halogenated alkanes) is 7. The number of nitrogens with two attached hydrogens (primary N) is 1. The highest BCUT2D eigenvalue weighted by molar-refractivity contribution is 5.75. The van der Waals surface area contributed by atoms with Gasteiger partial charge in [-0.1, -0.05) is 68.9 Å². The van der Waals surface area contributed by atoms with Crippen LogP contribution >= 0.6 is 0 Å². The van der Waals surface area contributed by atoms with Crippen molar-refractivity contribution in [2.24, 2.45) is 5.73 Å². The van der Waals surface area contributed by atoms with Gasteiger partial charge in [0.15, 0.2) is 0 Å². The summed E-state index contributed by atoms with van der Waals surface area (Å²) in [6.45, 7) is 0. The number of amides is 1. The number of rotatable bonds is 13. The summed E-state index contributed by atoms with van der Waals surface area (Å²) in [7, 11) is 0. The standard InChI is InChI=1S/C20H28F3NO3/c21-20(22,23)19(26)27-17(16-12-8-7-9-13-16)14-10-5-3-1-2-4-6-11-15-18(24)25/h7-9,12-13,17H,1-6,10-11,14-15H2,(H2,24,25). The molecule has 0 radical (unpaired) electrons. The monoisotopic (exact) mass is 387 g/mol. The van der Waals surface area contributed by atoms with E-state index in [4.69, 9.17) is 10.5 Å². The molecule has 7 heteroatoms. The van der Waals surface area contributed by atoms with Crippen molar-refractivity contribution in [2.75, 3.05) is 0 Å². The van der Waals surface area contributed by atoms with Gasteiger partial charge in [-0.3, -0.25) is 4.79 Å². The van der Waals surface area contributed by atoms with Crippen LogP contribution in [0.1, 0.15) is 75.9 Å². The predicted octanol–water partition coefficient (Wildman–Crippen LogP) is 5.22. The lowest BCUT2D eigenvalue weighted by Gasteiger charge is -2.19. The Bertz CT molecular complexity index is 561. The first-order valence-corrected chi connectivity index (χ1v) is 9.41. The van der Waals surface area contributed by atoms with Crippen LogP contribution in [-0.4, -0.2) is 18.1 Å². The third-order valence-corrected chi connectivity index (χ3v) is 4.29. The quantitative estimate of drug-likeness (QED) is 0.373. The molecule has 0 bridgehead atoms. The van der Waals surface area contributed by atoms with Gasteiger partial charge in [-0.05, 0) is 24.8 Å². The van der Waals surface area contributed by atoms with E-state index in [1.54, 1.807) is 30.3 Å². The summed E-state index contributed by atoms with van der Waals surface area (Å²) in [5, 5.41) is 0. The Morgan fingerprint density at radius 3 is 1.93 bits per heavy atom. The van der Waals surface area contributed by atoms with Gasteiger partial charge in [-0.15, -0.1) is 0 Å². The van der Waals surface area contributed by atoms with Crippen molar-refractivity contribution in [3.63, 3.8) is 0 Å². The van der Waals surface area contributed by atoms with Crippen LogP contribution in [-0.2, 0) is 14.3 Å². The highest BCUT2D eigenvalue weighted by Crippen LogP contribution is 2.28. The maximum Gasteiger partial charge on any atom is 0.490 e. The van der Waals surface area contributed by atoms with Crippen LogP contribution in [0.4, 0.5) is 13.2 Å². The molecule has 2 N–H and O–H groups in total. The van der Waals surface area contributed by atoms with E-state index >= 15 is 0 Å². The van der Waals surface area contributed by atoms with Crippen LogP contribution in [0.2, 0.25) is 0 Å². The van der Waals surface area contributed by atoms with E-state index in [0.717, 1.165) is 44.9 Å². The number of alkyl halides is 3. The van der Waals surface area contributed by atoms with Crippen molar-refractivity contribution in [1.82, 2.24) is 0 Å². The van der Waals surface area contributed by atoms with Crippen LogP contribution < -0.4 is 5.73 Å². The number of benzene rings is 1. The van der Waals surface area contributed by atoms with Crippen molar-refractivity contribution in [3.05, 3.63) is 35.9 Å². The highest BCUT2D eigenvalue weighted by atomic mass is 19.4. The maximum atomic E-state index is 12.5. The molecule has 0 saturated carbocycles. The first-order valence-electron chi connectivity index (χ1n) is 9.41. The zero-order valence-electron chi connectivity index (χ0n) is 15.5. The summed E-state index contributed by atoms with van der Waals surface area (Å²) in [5.74, 6) is -2.42. The summed E-state index contributed by atoms with van der Waals surface area (Å²) in [4.78, 5) is 21.8. The number of primary amides is 1. The number of carbonyl (C=O) groups excluding carboxylic acids is 2. The summed E-state index contributed by atoms with van der Waals surface area (Å²) >= 11 is 0. The van der Waals surface area contributed by atoms with E-state index in [9.17, 15) is 22.8 Å². The molecule has 0 aromatic heterocycles. The summed E-state index contributed by atoms with van der Waals surface area (Å²) < 4.78 is 42.1. The summed E-state index contributed by atoms with van der Waals surface area (Å²) in [6, 6.07) is 8.51. The van der Waals surface area contributed by atoms with Crippen molar-refractivity contribution in [1.29, 1.82) is 0 Å². The number of hydrogen-bond acceptors (Lipinski definition) is 3. The van der Waals surface area contributed by atoms with Gasteiger partial charge in [0, 0.05) is 6.42 Å². The zero-order valence-corrected chi connectivity index (χ0v) is 15.5. The Kier molecular flexibility index (Phi) is 10.5. The molecule has 152 valence electrons. The predicted molar refractivity (Wildman–Crippen MR) is 96.7 cm³/mol. The number of ether oxygens (including phenoxy) is 1. The second-order valence-electron chi connectivity index (χ2n) is 6.64.